The normalized spacial score (nSPS) is 20.6. The van der Waals surface area contributed by atoms with Crippen LogP contribution in [0.25, 0.3) is 11.3 Å². The number of ether oxygens (including phenoxy) is 1. The van der Waals surface area contributed by atoms with Crippen LogP contribution >= 0.6 is 0 Å². The van der Waals surface area contributed by atoms with Crippen molar-refractivity contribution >= 4 is 5.91 Å². The number of hydrogen-bond donors (Lipinski definition) is 0. The highest BCUT2D eigenvalue weighted by molar-refractivity contribution is 5.79. The Morgan fingerprint density at radius 3 is 2.67 bits per heavy atom. The summed E-state index contributed by atoms with van der Waals surface area (Å²) in [5.74, 6) is 1.79. The van der Waals surface area contributed by atoms with Gasteiger partial charge in [-0.1, -0.05) is 31.0 Å². The molecule has 1 unspecified atom stereocenters. The maximum absolute atomic E-state index is 12.8. The lowest BCUT2D eigenvalue weighted by atomic mass is 9.92. The predicted molar refractivity (Wildman–Crippen MR) is 107 cm³/mol. The van der Waals surface area contributed by atoms with Gasteiger partial charge in [-0.15, -0.1) is 0 Å². The fraction of sp³-hybridized carbons (Fsp3) is 0.478. The number of rotatable bonds is 4. The van der Waals surface area contributed by atoms with E-state index in [-0.39, 0.29) is 5.92 Å². The van der Waals surface area contributed by atoms with E-state index in [1.54, 1.807) is 7.11 Å². The summed E-state index contributed by atoms with van der Waals surface area (Å²) in [5.41, 5.74) is 3.03. The van der Waals surface area contributed by atoms with Gasteiger partial charge in [-0.3, -0.25) is 9.78 Å². The van der Waals surface area contributed by atoms with Gasteiger partial charge in [0, 0.05) is 36.2 Å². The van der Waals surface area contributed by atoms with Gasteiger partial charge in [0.25, 0.3) is 0 Å². The van der Waals surface area contributed by atoms with Crippen LogP contribution < -0.4 is 4.74 Å². The van der Waals surface area contributed by atoms with Crippen molar-refractivity contribution < 1.29 is 9.53 Å². The van der Waals surface area contributed by atoms with Gasteiger partial charge in [0.2, 0.25) is 5.91 Å². The van der Waals surface area contributed by atoms with E-state index in [9.17, 15) is 4.79 Å². The minimum atomic E-state index is 0.261. The Morgan fingerprint density at radius 1 is 1.04 bits per heavy atom. The summed E-state index contributed by atoms with van der Waals surface area (Å²) >= 11 is 0. The highest BCUT2D eigenvalue weighted by Gasteiger charge is 2.31. The van der Waals surface area contributed by atoms with Gasteiger partial charge in [-0.05, 0) is 49.9 Å². The molecule has 1 saturated carbocycles. The first-order valence-electron chi connectivity index (χ1n) is 10.2. The molecule has 1 amide bonds. The Labute approximate surface area is 161 Å². The Hall–Kier alpha value is -2.36. The number of carbonyl (C=O) groups excluding carboxylic acids is 1. The van der Waals surface area contributed by atoms with E-state index < -0.39 is 0 Å². The quantitative estimate of drug-likeness (QED) is 0.793. The maximum Gasteiger partial charge on any atom is 0.225 e. The predicted octanol–water partition coefficient (Wildman–Crippen LogP) is 4.65. The second-order valence-corrected chi connectivity index (χ2v) is 7.75. The largest absolute Gasteiger partial charge is 0.496 e. The van der Waals surface area contributed by atoms with Crippen molar-refractivity contribution in [3.05, 3.63) is 48.2 Å². The van der Waals surface area contributed by atoms with Gasteiger partial charge >= 0.3 is 0 Å². The van der Waals surface area contributed by atoms with Crippen LogP contribution in [0.2, 0.25) is 0 Å². The molecule has 1 aromatic carbocycles. The maximum atomic E-state index is 12.8. The lowest BCUT2D eigenvalue weighted by molar-refractivity contribution is -0.136. The fourth-order valence-electron chi connectivity index (χ4n) is 4.53. The Kier molecular flexibility index (Phi) is 5.42. The molecule has 4 rings (SSSR count). The van der Waals surface area contributed by atoms with Crippen LogP contribution in [0.5, 0.6) is 5.75 Å². The van der Waals surface area contributed by atoms with E-state index in [4.69, 9.17) is 9.72 Å². The number of hydrogen-bond acceptors (Lipinski definition) is 3. The van der Waals surface area contributed by atoms with Crippen LogP contribution in [0.4, 0.5) is 0 Å². The molecule has 4 heteroatoms. The first-order chi connectivity index (χ1) is 13.3. The minimum absolute atomic E-state index is 0.261. The number of aromatic nitrogens is 1. The average molecular weight is 364 g/mol. The lowest BCUT2D eigenvalue weighted by Gasteiger charge is -2.34. The summed E-state index contributed by atoms with van der Waals surface area (Å²) in [6, 6.07) is 14.2. The van der Waals surface area contributed by atoms with Gasteiger partial charge in [0.05, 0.1) is 12.8 Å². The lowest BCUT2D eigenvalue weighted by Crippen LogP contribution is -2.42. The van der Waals surface area contributed by atoms with Crippen LogP contribution in [0.15, 0.2) is 42.5 Å². The number of methoxy groups -OCH3 is 1. The zero-order chi connectivity index (χ0) is 18.6. The van der Waals surface area contributed by atoms with Gasteiger partial charge in [0.15, 0.2) is 0 Å². The zero-order valence-electron chi connectivity index (χ0n) is 16.1. The third-order valence-electron chi connectivity index (χ3n) is 6.01. The van der Waals surface area contributed by atoms with E-state index >= 15 is 0 Å². The number of para-hydroxylation sites is 1. The van der Waals surface area contributed by atoms with Crippen molar-refractivity contribution in [2.24, 2.45) is 5.92 Å². The van der Waals surface area contributed by atoms with Crippen LogP contribution in [-0.4, -0.2) is 36.0 Å². The van der Waals surface area contributed by atoms with E-state index in [0.717, 1.165) is 61.5 Å². The second-order valence-electron chi connectivity index (χ2n) is 7.75. The van der Waals surface area contributed by atoms with Crippen LogP contribution in [0, 0.1) is 5.92 Å². The Bertz CT molecular complexity index is 798. The molecule has 0 spiro atoms. The molecule has 0 bridgehead atoms. The number of carbonyl (C=O) groups is 1. The van der Waals surface area contributed by atoms with Crippen LogP contribution in [0.3, 0.4) is 0 Å². The van der Waals surface area contributed by atoms with Crippen molar-refractivity contribution in [3.63, 3.8) is 0 Å². The number of amides is 1. The van der Waals surface area contributed by atoms with Crippen molar-refractivity contribution in [3.8, 4) is 17.0 Å². The number of piperidine rings is 1. The monoisotopic (exact) mass is 364 g/mol. The molecule has 2 heterocycles. The SMILES string of the molecule is COc1ccccc1-c1cccc(C2CCCN(C(=O)C3CCCC3)C2)n1. The van der Waals surface area contributed by atoms with Crippen LogP contribution in [-0.2, 0) is 4.79 Å². The molecule has 2 aliphatic rings. The van der Waals surface area contributed by atoms with Crippen molar-refractivity contribution in [1.29, 1.82) is 0 Å². The molecular weight excluding hydrogens is 336 g/mol. The zero-order valence-corrected chi connectivity index (χ0v) is 16.1. The smallest absolute Gasteiger partial charge is 0.225 e. The van der Waals surface area contributed by atoms with E-state index in [1.165, 1.54) is 12.8 Å². The molecule has 2 aromatic rings. The molecule has 27 heavy (non-hydrogen) atoms. The first-order valence-corrected chi connectivity index (χ1v) is 10.2. The minimum Gasteiger partial charge on any atom is -0.496 e. The van der Waals surface area contributed by atoms with E-state index in [2.05, 4.69) is 17.0 Å². The molecule has 1 aliphatic carbocycles. The molecule has 2 fully saturated rings. The Balaban J connectivity index is 1.54. The summed E-state index contributed by atoms with van der Waals surface area (Å²) in [5, 5.41) is 0. The van der Waals surface area contributed by atoms with Gasteiger partial charge in [-0.2, -0.15) is 0 Å². The summed E-state index contributed by atoms with van der Waals surface area (Å²) in [6.07, 6.45) is 6.70. The highest BCUT2D eigenvalue weighted by Crippen LogP contribution is 2.33. The molecule has 0 N–H and O–H groups in total. The summed E-state index contributed by atoms with van der Waals surface area (Å²) in [7, 11) is 1.69. The molecule has 1 aromatic heterocycles. The summed E-state index contributed by atoms with van der Waals surface area (Å²) in [4.78, 5) is 19.9. The topological polar surface area (TPSA) is 42.4 Å². The Morgan fingerprint density at radius 2 is 1.85 bits per heavy atom. The fourth-order valence-corrected chi connectivity index (χ4v) is 4.53. The van der Waals surface area contributed by atoms with Gasteiger partial charge < -0.3 is 9.64 Å². The number of likely N-dealkylation sites (tertiary alicyclic amines) is 1. The number of nitrogens with zero attached hydrogens (tertiary/aromatic N) is 2. The van der Waals surface area contributed by atoms with E-state index in [0.29, 0.717) is 11.8 Å². The molecular formula is C23H28N2O2. The molecule has 1 aliphatic heterocycles. The van der Waals surface area contributed by atoms with Gasteiger partial charge in [0.1, 0.15) is 5.75 Å². The highest BCUT2D eigenvalue weighted by atomic mass is 16.5. The second kappa shape index (κ2) is 8.12. The van der Waals surface area contributed by atoms with Crippen molar-refractivity contribution in [2.45, 2.75) is 44.4 Å². The standard InChI is InChI=1S/C23H28N2O2/c1-27-22-14-5-4-11-19(22)21-13-6-12-20(24-21)18-10-7-15-25(16-18)23(26)17-8-2-3-9-17/h4-6,11-14,17-18H,2-3,7-10,15-16H2,1H3. The van der Waals surface area contributed by atoms with Crippen LogP contribution in [0.1, 0.15) is 50.1 Å². The molecule has 1 atom stereocenters. The van der Waals surface area contributed by atoms with Crippen molar-refractivity contribution in [2.75, 3.05) is 20.2 Å². The first kappa shape index (κ1) is 18.0. The average Bonchev–Trinajstić information content (AvgIpc) is 3.28. The molecule has 0 radical (unpaired) electrons. The third kappa shape index (κ3) is 3.85. The number of pyridine rings is 1. The summed E-state index contributed by atoms with van der Waals surface area (Å²) < 4.78 is 5.50. The number of benzene rings is 1. The van der Waals surface area contributed by atoms with Crippen molar-refractivity contribution in [1.82, 2.24) is 9.88 Å². The molecule has 1 saturated heterocycles. The molecule has 142 valence electrons. The molecule has 4 nitrogen and oxygen atoms in total. The third-order valence-corrected chi connectivity index (χ3v) is 6.01. The van der Waals surface area contributed by atoms with Gasteiger partial charge in [-0.25, -0.2) is 0 Å². The summed E-state index contributed by atoms with van der Waals surface area (Å²) in [6.45, 7) is 1.70. The van der Waals surface area contributed by atoms with E-state index in [1.807, 2.05) is 30.3 Å².